The predicted molar refractivity (Wildman–Crippen MR) is 189 cm³/mol. The van der Waals surface area contributed by atoms with Gasteiger partial charge in [-0.3, -0.25) is 9.59 Å². The Balaban J connectivity index is 4.02. The van der Waals surface area contributed by atoms with Gasteiger partial charge in [-0.1, -0.05) is 181 Å². The van der Waals surface area contributed by atoms with Gasteiger partial charge in [0.25, 0.3) is 0 Å². The standard InChI is InChI=1S/C37H72NO5P/c1-3-5-7-9-11-13-15-17-18-20-21-23-25-27-29-31-35(40)38(34(33-39)37(42)43)44-36(41)32-30-28-26-24-22-19-16-14-12-10-8-6-4-2/h34,39,44H,3-33H2,1-2H3,(H,42,43). The molecule has 0 saturated heterocycles. The van der Waals surface area contributed by atoms with Crippen LogP contribution in [-0.4, -0.2) is 44.9 Å². The first-order valence-corrected chi connectivity index (χ1v) is 19.9. The van der Waals surface area contributed by atoms with Crippen molar-refractivity contribution in [1.82, 2.24) is 4.67 Å². The second-order valence-corrected chi connectivity index (χ2v) is 14.3. The average molecular weight is 642 g/mol. The Morgan fingerprint density at radius 1 is 0.500 bits per heavy atom. The van der Waals surface area contributed by atoms with Crippen LogP contribution in [0.25, 0.3) is 0 Å². The first-order chi connectivity index (χ1) is 21.5. The monoisotopic (exact) mass is 642 g/mol. The van der Waals surface area contributed by atoms with E-state index in [-0.39, 0.29) is 17.9 Å². The second-order valence-electron chi connectivity index (χ2n) is 13.0. The lowest BCUT2D eigenvalue weighted by molar-refractivity contribution is -0.147. The highest BCUT2D eigenvalue weighted by Crippen LogP contribution is 2.28. The minimum Gasteiger partial charge on any atom is -0.480 e. The summed E-state index contributed by atoms with van der Waals surface area (Å²) in [6.45, 7) is 3.84. The molecule has 0 saturated carbocycles. The predicted octanol–water partition coefficient (Wildman–Crippen LogP) is 11.1. The molecule has 0 fully saturated rings. The summed E-state index contributed by atoms with van der Waals surface area (Å²) in [4.78, 5) is 37.3. The summed E-state index contributed by atoms with van der Waals surface area (Å²) in [6, 6.07) is -1.34. The SMILES string of the molecule is CCCCCCCCCCCCCCCCCC(=O)N(PC(=O)CCCCCCCCCCCCCCC)C(CO)C(=O)O. The summed E-state index contributed by atoms with van der Waals surface area (Å²) in [5, 5.41) is 19.2. The number of carbonyl (C=O) groups excluding carboxylic acids is 2. The van der Waals surface area contributed by atoms with E-state index in [4.69, 9.17) is 0 Å². The summed E-state index contributed by atoms with van der Waals surface area (Å²) in [5.74, 6) is -1.57. The van der Waals surface area contributed by atoms with Crippen molar-refractivity contribution in [3.63, 3.8) is 0 Å². The smallest absolute Gasteiger partial charge is 0.329 e. The summed E-state index contributed by atoms with van der Waals surface area (Å²) < 4.78 is 1.14. The lowest BCUT2D eigenvalue weighted by atomic mass is 10.0. The van der Waals surface area contributed by atoms with Crippen molar-refractivity contribution in [3.05, 3.63) is 0 Å². The first-order valence-electron chi connectivity index (χ1n) is 18.9. The van der Waals surface area contributed by atoms with Crippen molar-refractivity contribution < 1.29 is 24.6 Å². The number of amides is 1. The number of aliphatic hydroxyl groups excluding tert-OH is 1. The summed E-state index contributed by atoms with van der Waals surface area (Å²) >= 11 is 0. The maximum atomic E-state index is 12.9. The molecule has 0 bridgehead atoms. The number of nitrogens with zero attached hydrogens (tertiary/aromatic N) is 1. The summed E-state index contributed by atoms with van der Waals surface area (Å²) in [5.41, 5.74) is -0.0855. The lowest BCUT2D eigenvalue weighted by Gasteiger charge is -2.27. The normalized spacial score (nSPS) is 12.2. The fraction of sp³-hybridized carbons (Fsp3) is 0.919. The van der Waals surface area contributed by atoms with E-state index in [2.05, 4.69) is 13.8 Å². The Morgan fingerprint density at radius 2 is 0.795 bits per heavy atom. The topological polar surface area (TPSA) is 94.9 Å². The number of rotatable bonds is 35. The highest BCUT2D eigenvalue weighted by atomic mass is 31.1. The Bertz CT molecular complexity index is 674. The average Bonchev–Trinajstić information content (AvgIpc) is 3.01. The van der Waals surface area contributed by atoms with Crippen molar-refractivity contribution in [1.29, 1.82) is 0 Å². The van der Waals surface area contributed by atoms with Gasteiger partial charge in [0.1, 0.15) is 0 Å². The number of hydrogen-bond acceptors (Lipinski definition) is 4. The Kier molecular flexibility index (Phi) is 32.6. The fourth-order valence-electron chi connectivity index (χ4n) is 5.85. The number of aliphatic carboxylic acids is 1. The molecule has 0 aromatic rings. The number of unbranched alkanes of at least 4 members (excludes halogenated alkanes) is 26. The van der Waals surface area contributed by atoms with E-state index in [1.165, 1.54) is 141 Å². The highest BCUT2D eigenvalue weighted by Gasteiger charge is 2.30. The van der Waals surface area contributed by atoms with Gasteiger partial charge in [-0.05, 0) is 12.8 Å². The van der Waals surface area contributed by atoms with Gasteiger partial charge in [0.15, 0.2) is 11.6 Å². The molecule has 2 unspecified atom stereocenters. The molecule has 0 aliphatic carbocycles. The molecule has 0 radical (unpaired) electrons. The maximum Gasteiger partial charge on any atom is 0.329 e. The summed E-state index contributed by atoms with van der Waals surface area (Å²) in [7, 11) is -0.516. The largest absolute Gasteiger partial charge is 0.480 e. The van der Waals surface area contributed by atoms with Gasteiger partial charge < -0.3 is 14.9 Å². The minimum absolute atomic E-state index is 0.0855. The van der Waals surface area contributed by atoms with E-state index in [9.17, 15) is 24.6 Å². The zero-order valence-corrected chi connectivity index (χ0v) is 30.1. The lowest BCUT2D eigenvalue weighted by Crippen LogP contribution is -2.43. The third-order valence-electron chi connectivity index (χ3n) is 8.79. The molecule has 6 nitrogen and oxygen atoms in total. The van der Waals surface area contributed by atoms with Crippen LogP contribution in [0.3, 0.4) is 0 Å². The van der Waals surface area contributed by atoms with Crippen LogP contribution in [-0.2, 0) is 14.4 Å². The molecule has 0 rings (SSSR count). The molecule has 2 N–H and O–H groups in total. The van der Waals surface area contributed by atoms with Gasteiger partial charge in [-0.15, -0.1) is 0 Å². The molecular weight excluding hydrogens is 569 g/mol. The van der Waals surface area contributed by atoms with Crippen molar-refractivity contribution in [2.45, 2.75) is 213 Å². The number of carboxylic acids is 1. The molecule has 0 aromatic heterocycles. The third kappa shape index (κ3) is 27.3. The highest BCUT2D eigenvalue weighted by molar-refractivity contribution is 7.56. The Hall–Kier alpha value is -1.00. The summed E-state index contributed by atoms with van der Waals surface area (Å²) in [6.07, 6.45) is 35.3. The van der Waals surface area contributed by atoms with E-state index in [1.54, 1.807) is 0 Å². The molecule has 7 heteroatoms. The van der Waals surface area contributed by atoms with Crippen LogP contribution < -0.4 is 0 Å². The van der Waals surface area contributed by atoms with Crippen LogP contribution in [0.4, 0.5) is 0 Å². The van der Waals surface area contributed by atoms with Crippen LogP contribution in [0.5, 0.6) is 0 Å². The van der Waals surface area contributed by atoms with Crippen LogP contribution in [0.2, 0.25) is 0 Å². The van der Waals surface area contributed by atoms with E-state index < -0.39 is 27.3 Å². The number of carboxylic acid groups (broad SMARTS) is 1. The third-order valence-corrected chi connectivity index (χ3v) is 10.1. The molecule has 0 aromatic carbocycles. The van der Waals surface area contributed by atoms with Gasteiger partial charge in [0.2, 0.25) is 5.91 Å². The van der Waals surface area contributed by atoms with E-state index in [0.717, 1.165) is 36.8 Å². The van der Waals surface area contributed by atoms with Gasteiger partial charge in [-0.25, -0.2) is 4.79 Å². The molecule has 0 spiro atoms. The molecule has 0 heterocycles. The van der Waals surface area contributed by atoms with Crippen molar-refractivity contribution in [2.24, 2.45) is 0 Å². The number of carbonyl (C=O) groups is 3. The molecular formula is C37H72NO5P. The molecule has 44 heavy (non-hydrogen) atoms. The van der Waals surface area contributed by atoms with E-state index >= 15 is 0 Å². The Labute approximate surface area is 274 Å². The zero-order valence-electron chi connectivity index (χ0n) is 29.1. The van der Waals surface area contributed by atoms with Crippen LogP contribution >= 0.6 is 8.73 Å². The fourth-order valence-corrected chi connectivity index (χ4v) is 6.99. The molecule has 0 aliphatic rings. The van der Waals surface area contributed by atoms with Crippen LogP contribution in [0.15, 0.2) is 0 Å². The quantitative estimate of drug-likeness (QED) is 0.0530. The van der Waals surface area contributed by atoms with Gasteiger partial charge in [0.05, 0.1) is 15.3 Å². The van der Waals surface area contributed by atoms with E-state index in [0.29, 0.717) is 12.8 Å². The van der Waals surface area contributed by atoms with Crippen molar-refractivity contribution >= 4 is 26.1 Å². The number of hydrogen-bond donors (Lipinski definition) is 2. The van der Waals surface area contributed by atoms with Gasteiger partial charge >= 0.3 is 5.97 Å². The Morgan fingerprint density at radius 3 is 1.09 bits per heavy atom. The minimum atomic E-state index is -1.34. The van der Waals surface area contributed by atoms with Crippen LogP contribution in [0.1, 0.15) is 206 Å². The molecule has 1 amide bonds. The van der Waals surface area contributed by atoms with E-state index in [1.807, 2.05) is 0 Å². The molecule has 260 valence electrons. The zero-order chi connectivity index (χ0) is 32.5. The first kappa shape index (κ1) is 43.0. The molecule has 0 aliphatic heterocycles. The van der Waals surface area contributed by atoms with Gasteiger partial charge in [-0.2, -0.15) is 0 Å². The maximum absolute atomic E-state index is 12.9. The molecule has 2 atom stereocenters. The second kappa shape index (κ2) is 33.4. The van der Waals surface area contributed by atoms with Crippen LogP contribution in [0, 0.1) is 0 Å². The van der Waals surface area contributed by atoms with Crippen molar-refractivity contribution in [2.75, 3.05) is 6.61 Å². The van der Waals surface area contributed by atoms with Gasteiger partial charge in [0, 0.05) is 12.8 Å². The number of aliphatic hydroxyl groups is 1. The van der Waals surface area contributed by atoms with Crippen molar-refractivity contribution in [3.8, 4) is 0 Å².